The molecule has 3 heterocycles. The first kappa shape index (κ1) is 17.3. The molecule has 1 aliphatic heterocycles. The minimum Gasteiger partial charge on any atom is -0.343 e. The lowest BCUT2D eigenvalue weighted by Crippen LogP contribution is -2.50. The molecule has 6 nitrogen and oxygen atoms in total. The molecule has 1 aliphatic rings. The maximum absolute atomic E-state index is 12.4. The number of rotatable bonds is 3. The first-order chi connectivity index (χ1) is 12.7. The Balaban J connectivity index is 1.33. The number of thiophene rings is 1. The minimum absolute atomic E-state index is 0.0940. The molecule has 1 N–H and O–H groups in total. The summed E-state index contributed by atoms with van der Waals surface area (Å²) >= 11 is 9.12. The van der Waals surface area contributed by atoms with Crippen molar-refractivity contribution in [2.45, 2.75) is 0 Å². The van der Waals surface area contributed by atoms with Crippen LogP contribution in [0.1, 0.15) is 0 Å². The molecule has 2 amide bonds. The number of aromatic nitrogens is 2. The molecular weight excluding hydrogens is 390 g/mol. The van der Waals surface area contributed by atoms with Gasteiger partial charge in [-0.2, -0.15) is 0 Å². The minimum atomic E-state index is -0.0940. The van der Waals surface area contributed by atoms with Crippen molar-refractivity contribution in [3.8, 4) is 9.88 Å². The Kier molecular flexibility index (Phi) is 5.05. The van der Waals surface area contributed by atoms with Crippen molar-refractivity contribution in [3.63, 3.8) is 0 Å². The molecule has 1 fully saturated rings. The highest BCUT2D eigenvalue weighted by Gasteiger charge is 2.23. The molecular formula is C17H16ClN5OS2. The molecule has 0 bridgehead atoms. The van der Waals surface area contributed by atoms with Gasteiger partial charge in [0, 0.05) is 36.9 Å². The van der Waals surface area contributed by atoms with Gasteiger partial charge in [-0.1, -0.05) is 29.0 Å². The molecule has 4 rings (SSSR count). The van der Waals surface area contributed by atoms with E-state index in [1.54, 1.807) is 46.9 Å². The third-order valence-electron chi connectivity index (χ3n) is 4.08. The number of hydrogen-bond donors (Lipinski definition) is 1. The Hall–Kier alpha value is -2.16. The second kappa shape index (κ2) is 7.61. The van der Waals surface area contributed by atoms with Gasteiger partial charge >= 0.3 is 6.03 Å². The van der Waals surface area contributed by atoms with Crippen LogP contribution in [-0.2, 0) is 0 Å². The zero-order valence-corrected chi connectivity index (χ0v) is 16.2. The van der Waals surface area contributed by atoms with Gasteiger partial charge in [-0.15, -0.1) is 21.5 Å². The molecule has 0 atom stereocenters. The SMILES string of the molecule is O=C(Nc1ccc(Cl)cc1)N1CCN(c2nnc(-c3cccs3)s2)CC1. The van der Waals surface area contributed by atoms with E-state index in [2.05, 4.69) is 20.4 Å². The van der Waals surface area contributed by atoms with E-state index < -0.39 is 0 Å². The van der Waals surface area contributed by atoms with E-state index in [0.29, 0.717) is 18.1 Å². The number of benzene rings is 1. The number of piperazine rings is 1. The van der Waals surface area contributed by atoms with Crippen molar-refractivity contribution in [1.29, 1.82) is 0 Å². The van der Waals surface area contributed by atoms with E-state index >= 15 is 0 Å². The van der Waals surface area contributed by atoms with Gasteiger partial charge < -0.3 is 15.1 Å². The van der Waals surface area contributed by atoms with Gasteiger partial charge in [-0.25, -0.2) is 4.79 Å². The number of nitrogens with zero attached hydrogens (tertiary/aromatic N) is 4. The highest BCUT2D eigenvalue weighted by Crippen LogP contribution is 2.31. The molecule has 3 aromatic rings. The summed E-state index contributed by atoms with van der Waals surface area (Å²) in [5, 5.41) is 16.0. The molecule has 1 saturated heterocycles. The first-order valence-corrected chi connectivity index (χ1v) is 10.2. The molecule has 0 radical (unpaired) electrons. The number of halogens is 1. The zero-order valence-electron chi connectivity index (χ0n) is 13.8. The van der Waals surface area contributed by atoms with Crippen molar-refractivity contribution in [3.05, 3.63) is 46.8 Å². The van der Waals surface area contributed by atoms with E-state index in [1.807, 2.05) is 22.4 Å². The molecule has 0 unspecified atom stereocenters. The van der Waals surface area contributed by atoms with Crippen LogP contribution in [0.4, 0.5) is 15.6 Å². The third-order valence-corrected chi connectivity index (χ3v) is 6.35. The monoisotopic (exact) mass is 405 g/mol. The number of amides is 2. The zero-order chi connectivity index (χ0) is 17.9. The van der Waals surface area contributed by atoms with Gasteiger partial charge in [0.05, 0.1) is 4.88 Å². The molecule has 9 heteroatoms. The fourth-order valence-electron chi connectivity index (χ4n) is 2.68. The Morgan fingerprint density at radius 3 is 2.54 bits per heavy atom. The predicted molar refractivity (Wildman–Crippen MR) is 107 cm³/mol. The molecule has 0 saturated carbocycles. The topological polar surface area (TPSA) is 61.4 Å². The van der Waals surface area contributed by atoms with Gasteiger partial charge in [0.15, 0.2) is 5.01 Å². The summed E-state index contributed by atoms with van der Waals surface area (Å²) in [6.45, 7) is 2.78. The number of nitrogens with one attached hydrogen (secondary N) is 1. The maximum Gasteiger partial charge on any atom is 0.321 e. The lowest BCUT2D eigenvalue weighted by molar-refractivity contribution is 0.208. The summed E-state index contributed by atoms with van der Waals surface area (Å²) in [6, 6.07) is 11.1. The van der Waals surface area contributed by atoms with E-state index in [-0.39, 0.29) is 6.03 Å². The number of anilines is 2. The first-order valence-electron chi connectivity index (χ1n) is 8.13. The normalized spacial score (nSPS) is 14.5. The van der Waals surface area contributed by atoms with Crippen LogP contribution in [0.3, 0.4) is 0 Å². The molecule has 26 heavy (non-hydrogen) atoms. The van der Waals surface area contributed by atoms with E-state index in [9.17, 15) is 4.79 Å². The van der Waals surface area contributed by atoms with Crippen LogP contribution in [-0.4, -0.2) is 47.3 Å². The maximum atomic E-state index is 12.4. The molecule has 0 spiro atoms. The average Bonchev–Trinajstić information content (AvgIpc) is 3.35. The van der Waals surface area contributed by atoms with Crippen LogP contribution in [0.15, 0.2) is 41.8 Å². The lowest BCUT2D eigenvalue weighted by atomic mass is 10.3. The second-order valence-electron chi connectivity index (χ2n) is 5.78. The van der Waals surface area contributed by atoms with Crippen molar-refractivity contribution in [2.24, 2.45) is 0 Å². The fraction of sp³-hybridized carbons (Fsp3) is 0.235. The average molecular weight is 406 g/mol. The van der Waals surface area contributed by atoms with Gasteiger partial charge in [0.25, 0.3) is 0 Å². The van der Waals surface area contributed by atoms with Gasteiger partial charge in [-0.05, 0) is 35.7 Å². The largest absolute Gasteiger partial charge is 0.343 e. The van der Waals surface area contributed by atoms with Crippen LogP contribution in [0.5, 0.6) is 0 Å². The molecule has 1 aromatic carbocycles. The number of urea groups is 1. The lowest BCUT2D eigenvalue weighted by Gasteiger charge is -2.34. The van der Waals surface area contributed by atoms with E-state index in [0.717, 1.165) is 33.8 Å². The van der Waals surface area contributed by atoms with Crippen LogP contribution in [0.25, 0.3) is 9.88 Å². The van der Waals surface area contributed by atoms with Crippen molar-refractivity contribution in [2.75, 3.05) is 36.4 Å². The summed E-state index contributed by atoms with van der Waals surface area (Å²) in [7, 11) is 0. The Bertz CT molecular complexity index is 873. The van der Waals surface area contributed by atoms with Crippen LogP contribution < -0.4 is 10.2 Å². The summed E-state index contributed by atoms with van der Waals surface area (Å²) < 4.78 is 0. The van der Waals surface area contributed by atoms with Gasteiger partial charge in [0.1, 0.15) is 0 Å². The van der Waals surface area contributed by atoms with Gasteiger partial charge in [0.2, 0.25) is 5.13 Å². The second-order valence-corrected chi connectivity index (χ2v) is 8.12. The highest BCUT2D eigenvalue weighted by molar-refractivity contribution is 7.22. The number of carbonyl (C=O) groups excluding carboxylic acids is 1. The fourth-order valence-corrected chi connectivity index (χ4v) is 4.49. The van der Waals surface area contributed by atoms with Crippen molar-refractivity contribution >= 4 is 51.1 Å². The summed E-state index contributed by atoms with van der Waals surface area (Å²) in [5.74, 6) is 0. The van der Waals surface area contributed by atoms with E-state index in [4.69, 9.17) is 11.6 Å². The summed E-state index contributed by atoms with van der Waals surface area (Å²) in [4.78, 5) is 17.5. The third kappa shape index (κ3) is 3.82. The van der Waals surface area contributed by atoms with Crippen molar-refractivity contribution in [1.82, 2.24) is 15.1 Å². The summed E-state index contributed by atoms with van der Waals surface area (Å²) in [5.41, 5.74) is 0.742. The Morgan fingerprint density at radius 1 is 1.08 bits per heavy atom. The predicted octanol–water partition coefficient (Wildman–Crippen LogP) is 4.27. The molecule has 134 valence electrons. The van der Waals surface area contributed by atoms with Crippen LogP contribution in [0, 0.1) is 0 Å². The number of hydrogen-bond acceptors (Lipinski definition) is 6. The smallest absolute Gasteiger partial charge is 0.321 e. The van der Waals surface area contributed by atoms with Crippen LogP contribution in [0.2, 0.25) is 5.02 Å². The summed E-state index contributed by atoms with van der Waals surface area (Å²) in [6.07, 6.45) is 0. The highest BCUT2D eigenvalue weighted by atomic mass is 35.5. The molecule has 0 aliphatic carbocycles. The standard InChI is InChI=1S/C17H16ClN5OS2/c18-12-3-5-13(6-4-12)19-16(24)22-7-9-23(10-8-22)17-21-20-15(26-17)14-2-1-11-25-14/h1-6,11H,7-10H2,(H,19,24). The van der Waals surface area contributed by atoms with Crippen LogP contribution >= 0.6 is 34.3 Å². The Morgan fingerprint density at radius 2 is 1.85 bits per heavy atom. The van der Waals surface area contributed by atoms with E-state index in [1.165, 1.54) is 0 Å². The van der Waals surface area contributed by atoms with Crippen molar-refractivity contribution < 1.29 is 4.79 Å². The van der Waals surface area contributed by atoms with Gasteiger partial charge in [-0.3, -0.25) is 0 Å². The molecule has 2 aromatic heterocycles. The quantitative estimate of drug-likeness (QED) is 0.706. The Labute approximate surface area is 164 Å². The number of carbonyl (C=O) groups is 1.